The summed E-state index contributed by atoms with van der Waals surface area (Å²) in [7, 11) is 0. The van der Waals surface area contributed by atoms with Gasteiger partial charge in [-0.3, -0.25) is 0 Å². The van der Waals surface area contributed by atoms with Gasteiger partial charge in [0.05, 0.1) is 11.3 Å². The van der Waals surface area contributed by atoms with E-state index in [-0.39, 0.29) is 5.56 Å². The number of nitrogens with zero attached hydrogens (tertiary/aromatic N) is 1. The molecule has 2 aromatic rings. The number of hydrogen-bond donors (Lipinski definition) is 1. The first-order chi connectivity index (χ1) is 7.18. The van der Waals surface area contributed by atoms with E-state index in [9.17, 15) is 4.79 Å². The zero-order valence-corrected chi connectivity index (χ0v) is 9.88. The molecule has 0 aliphatic rings. The monoisotopic (exact) mass is 283 g/mol. The summed E-state index contributed by atoms with van der Waals surface area (Å²) >= 11 is 4.54. The third kappa shape index (κ3) is 2.08. The fourth-order valence-corrected chi connectivity index (χ4v) is 2.16. The lowest BCUT2D eigenvalue weighted by molar-refractivity contribution is 0.0696. The predicted molar refractivity (Wildman–Crippen MR) is 62.2 cm³/mol. The molecule has 76 valence electrons. The van der Waals surface area contributed by atoms with E-state index < -0.39 is 5.97 Å². The van der Waals surface area contributed by atoms with Crippen LogP contribution in [0.2, 0.25) is 0 Å². The van der Waals surface area contributed by atoms with Crippen LogP contribution in [0.15, 0.2) is 34.1 Å². The third-order valence-electron chi connectivity index (χ3n) is 1.93. The smallest absolute Gasteiger partial charge is 0.336 e. The van der Waals surface area contributed by atoms with Crippen molar-refractivity contribution < 1.29 is 9.90 Å². The fraction of sp³-hybridized carbons (Fsp3) is 0. The van der Waals surface area contributed by atoms with Crippen molar-refractivity contribution in [1.29, 1.82) is 0 Å². The lowest BCUT2D eigenvalue weighted by Crippen LogP contribution is -1.97. The maximum Gasteiger partial charge on any atom is 0.336 e. The molecule has 0 unspecified atom stereocenters. The zero-order chi connectivity index (χ0) is 10.8. The minimum absolute atomic E-state index is 0.250. The van der Waals surface area contributed by atoms with E-state index in [1.165, 1.54) is 11.5 Å². The van der Waals surface area contributed by atoms with Crippen molar-refractivity contribution in [3.63, 3.8) is 0 Å². The molecule has 0 amide bonds. The SMILES string of the molecule is O=C(O)c1cc(-c2ccsn2)ccc1Br. The second-order valence-corrected chi connectivity index (χ2v) is 4.40. The summed E-state index contributed by atoms with van der Waals surface area (Å²) in [5, 5.41) is 10.8. The van der Waals surface area contributed by atoms with Crippen molar-refractivity contribution in [1.82, 2.24) is 4.37 Å². The first kappa shape index (κ1) is 10.3. The Hall–Kier alpha value is -1.20. The van der Waals surface area contributed by atoms with Crippen LogP contribution in [-0.2, 0) is 0 Å². The molecule has 0 fully saturated rings. The topological polar surface area (TPSA) is 50.2 Å². The van der Waals surface area contributed by atoms with E-state index in [0.29, 0.717) is 4.47 Å². The van der Waals surface area contributed by atoms with Gasteiger partial charge in [0, 0.05) is 15.4 Å². The molecule has 5 heteroatoms. The molecular formula is C10H6BrNO2S. The molecule has 0 saturated heterocycles. The summed E-state index contributed by atoms with van der Waals surface area (Å²) in [6.07, 6.45) is 0. The predicted octanol–water partition coefficient (Wildman–Crippen LogP) is 3.27. The zero-order valence-electron chi connectivity index (χ0n) is 7.48. The summed E-state index contributed by atoms with van der Waals surface area (Å²) in [5.74, 6) is -0.945. The van der Waals surface area contributed by atoms with Gasteiger partial charge < -0.3 is 5.11 Å². The van der Waals surface area contributed by atoms with Crippen LogP contribution in [0.1, 0.15) is 10.4 Å². The van der Waals surface area contributed by atoms with Gasteiger partial charge in [0.2, 0.25) is 0 Å². The highest BCUT2D eigenvalue weighted by molar-refractivity contribution is 9.10. The molecule has 2 rings (SSSR count). The van der Waals surface area contributed by atoms with Gasteiger partial charge in [0.15, 0.2) is 0 Å². The number of aromatic nitrogens is 1. The maximum absolute atomic E-state index is 10.9. The number of carboxylic acids is 1. The number of aromatic carboxylic acids is 1. The van der Waals surface area contributed by atoms with Gasteiger partial charge >= 0.3 is 5.97 Å². The molecule has 1 N–H and O–H groups in total. The van der Waals surface area contributed by atoms with Crippen LogP contribution in [0.25, 0.3) is 11.3 Å². The molecule has 15 heavy (non-hydrogen) atoms. The fourth-order valence-electron chi connectivity index (χ4n) is 1.21. The summed E-state index contributed by atoms with van der Waals surface area (Å²) in [6.45, 7) is 0. The van der Waals surface area contributed by atoms with Gasteiger partial charge in [-0.05, 0) is 45.7 Å². The lowest BCUT2D eigenvalue weighted by Gasteiger charge is -2.01. The Kier molecular flexibility index (Phi) is 2.83. The highest BCUT2D eigenvalue weighted by Gasteiger charge is 2.10. The molecular weight excluding hydrogens is 278 g/mol. The molecule has 0 saturated carbocycles. The summed E-state index contributed by atoms with van der Waals surface area (Å²) in [5.41, 5.74) is 1.87. The molecule has 0 radical (unpaired) electrons. The van der Waals surface area contributed by atoms with Gasteiger partial charge in [0.1, 0.15) is 0 Å². The van der Waals surface area contributed by atoms with Crippen LogP contribution in [0.4, 0.5) is 0 Å². The van der Waals surface area contributed by atoms with Gasteiger partial charge in [-0.1, -0.05) is 6.07 Å². The van der Waals surface area contributed by atoms with Crippen LogP contribution in [0, 0.1) is 0 Å². The highest BCUT2D eigenvalue weighted by atomic mass is 79.9. The first-order valence-corrected chi connectivity index (χ1v) is 5.75. The minimum Gasteiger partial charge on any atom is -0.478 e. The van der Waals surface area contributed by atoms with Gasteiger partial charge in [-0.15, -0.1) is 0 Å². The van der Waals surface area contributed by atoms with Crippen LogP contribution in [0.3, 0.4) is 0 Å². The highest BCUT2D eigenvalue weighted by Crippen LogP contribution is 2.25. The Morgan fingerprint density at radius 3 is 2.80 bits per heavy atom. The number of rotatable bonds is 2. The molecule has 0 aliphatic heterocycles. The van der Waals surface area contributed by atoms with Crippen molar-refractivity contribution in [3.05, 3.63) is 39.7 Å². The van der Waals surface area contributed by atoms with Crippen LogP contribution < -0.4 is 0 Å². The summed E-state index contributed by atoms with van der Waals surface area (Å²) in [6, 6.07) is 7.03. The van der Waals surface area contributed by atoms with E-state index in [1.54, 1.807) is 12.1 Å². The number of benzene rings is 1. The van der Waals surface area contributed by atoms with Crippen molar-refractivity contribution >= 4 is 33.4 Å². The van der Waals surface area contributed by atoms with Gasteiger partial charge in [-0.25, -0.2) is 4.79 Å². The van der Waals surface area contributed by atoms with Crippen LogP contribution in [-0.4, -0.2) is 15.4 Å². The Labute approximate surface area is 98.7 Å². The average Bonchev–Trinajstić information content (AvgIpc) is 2.71. The average molecular weight is 284 g/mol. The second kappa shape index (κ2) is 4.12. The quantitative estimate of drug-likeness (QED) is 0.920. The number of carboxylic acid groups (broad SMARTS) is 1. The Balaban J connectivity index is 2.52. The van der Waals surface area contributed by atoms with E-state index in [0.717, 1.165) is 11.3 Å². The van der Waals surface area contributed by atoms with Crippen LogP contribution >= 0.6 is 27.5 Å². The molecule has 1 aromatic carbocycles. The molecule has 3 nitrogen and oxygen atoms in total. The number of carbonyl (C=O) groups is 1. The molecule has 1 aromatic heterocycles. The van der Waals surface area contributed by atoms with Crippen molar-refractivity contribution in [3.8, 4) is 11.3 Å². The summed E-state index contributed by atoms with van der Waals surface area (Å²) in [4.78, 5) is 10.9. The van der Waals surface area contributed by atoms with E-state index in [1.807, 2.05) is 17.5 Å². The standard InChI is InChI=1S/C10H6BrNO2S/c11-8-2-1-6(5-7(8)10(13)14)9-3-4-15-12-9/h1-5H,(H,13,14). The normalized spacial score (nSPS) is 10.2. The Morgan fingerprint density at radius 1 is 1.40 bits per heavy atom. The van der Waals surface area contributed by atoms with E-state index >= 15 is 0 Å². The van der Waals surface area contributed by atoms with Gasteiger partial charge in [0.25, 0.3) is 0 Å². The first-order valence-electron chi connectivity index (χ1n) is 4.12. The molecule has 0 atom stereocenters. The van der Waals surface area contributed by atoms with Crippen LogP contribution in [0.5, 0.6) is 0 Å². The van der Waals surface area contributed by atoms with Gasteiger partial charge in [-0.2, -0.15) is 4.37 Å². The Bertz CT molecular complexity index is 496. The lowest BCUT2D eigenvalue weighted by atomic mass is 10.1. The molecule has 0 spiro atoms. The van der Waals surface area contributed by atoms with E-state index in [4.69, 9.17) is 5.11 Å². The summed E-state index contributed by atoms with van der Waals surface area (Å²) < 4.78 is 4.73. The largest absolute Gasteiger partial charge is 0.478 e. The second-order valence-electron chi connectivity index (χ2n) is 2.88. The Morgan fingerprint density at radius 2 is 2.20 bits per heavy atom. The van der Waals surface area contributed by atoms with Crippen molar-refractivity contribution in [2.45, 2.75) is 0 Å². The number of halogens is 1. The third-order valence-corrected chi connectivity index (χ3v) is 3.18. The van der Waals surface area contributed by atoms with Crippen molar-refractivity contribution in [2.75, 3.05) is 0 Å². The van der Waals surface area contributed by atoms with Crippen molar-refractivity contribution in [2.24, 2.45) is 0 Å². The van der Waals surface area contributed by atoms with E-state index in [2.05, 4.69) is 20.3 Å². The molecule has 0 aliphatic carbocycles. The maximum atomic E-state index is 10.9. The minimum atomic E-state index is -0.945. The molecule has 0 bridgehead atoms. The number of hydrogen-bond acceptors (Lipinski definition) is 3. The molecule has 1 heterocycles.